The van der Waals surface area contributed by atoms with Gasteiger partial charge in [0.05, 0.1) is 12.9 Å². The van der Waals surface area contributed by atoms with E-state index in [2.05, 4.69) is 34.2 Å². The standard InChI is InChI=1S/C13H19N3/c14-8-2-1-3-12-4-6-13(7-5-12)16-10-9-15-11-16/h4-7,11H,1-3,8-10,14H2. The highest BCUT2D eigenvalue weighted by molar-refractivity contribution is 5.80. The highest BCUT2D eigenvalue weighted by atomic mass is 15.2. The molecule has 0 bridgehead atoms. The van der Waals surface area contributed by atoms with Gasteiger partial charge in [-0.2, -0.15) is 0 Å². The molecule has 1 aliphatic heterocycles. The summed E-state index contributed by atoms with van der Waals surface area (Å²) in [4.78, 5) is 6.40. The molecule has 1 heterocycles. The Bertz CT molecular complexity index is 343. The maximum absolute atomic E-state index is 5.48. The number of aliphatic imine (C=N–C) groups is 1. The van der Waals surface area contributed by atoms with Crippen LogP contribution in [0.25, 0.3) is 0 Å². The third kappa shape index (κ3) is 2.83. The number of hydrogen-bond donors (Lipinski definition) is 1. The molecule has 0 fully saturated rings. The molecule has 2 N–H and O–H groups in total. The van der Waals surface area contributed by atoms with Gasteiger partial charge in [-0.25, -0.2) is 0 Å². The predicted molar refractivity (Wildman–Crippen MR) is 69.1 cm³/mol. The minimum Gasteiger partial charge on any atom is -0.331 e. The summed E-state index contributed by atoms with van der Waals surface area (Å²) in [6.45, 7) is 2.72. The maximum atomic E-state index is 5.48. The van der Waals surface area contributed by atoms with Gasteiger partial charge in [0, 0.05) is 12.2 Å². The summed E-state index contributed by atoms with van der Waals surface area (Å²) in [6.07, 6.45) is 5.34. The van der Waals surface area contributed by atoms with Gasteiger partial charge < -0.3 is 10.6 Å². The summed E-state index contributed by atoms with van der Waals surface area (Å²) in [5, 5.41) is 0. The lowest BCUT2D eigenvalue weighted by Gasteiger charge is -2.14. The molecule has 0 saturated heterocycles. The van der Waals surface area contributed by atoms with Crippen molar-refractivity contribution in [2.75, 3.05) is 24.5 Å². The molecule has 16 heavy (non-hydrogen) atoms. The van der Waals surface area contributed by atoms with Gasteiger partial charge in [0.25, 0.3) is 0 Å². The second kappa shape index (κ2) is 5.66. The third-order valence-electron chi connectivity index (χ3n) is 2.88. The van der Waals surface area contributed by atoms with Crippen LogP contribution in [0.5, 0.6) is 0 Å². The molecule has 0 unspecified atom stereocenters. The van der Waals surface area contributed by atoms with Gasteiger partial charge in [-0.1, -0.05) is 12.1 Å². The van der Waals surface area contributed by atoms with Gasteiger partial charge in [0.15, 0.2) is 0 Å². The van der Waals surface area contributed by atoms with E-state index in [-0.39, 0.29) is 0 Å². The Kier molecular flexibility index (Phi) is 3.94. The van der Waals surface area contributed by atoms with Crippen LogP contribution >= 0.6 is 0 Å². The maximum Gasteiger partial charge on any atom is 0.0895 e. The molecule has 0 saturated carbocycles. The van der Waals surface area contributed by atoms with Crippen molar-refractivity contribution in [3.05, 3.63) is 29.8 Å². The van der Waals surface area contributed by atoms with Crippen LogP contribution in [-0.2, 0) is 6.42 Å². The molecular formula is C13H19N3. The molecule has 3 nitrogen and oxygen atoms in total. The second-order valence-corrected chi connectivity index (χ2v) is 4.13. The zero-order valence-electron chi connectivity index (χ0n) is 9.60. The molecule has 0 amide bonds. The number of benzene rings is 1. The normalized spacial score (nSPS) is 14.7. The third-order valence-corrected chi connectivity index (χ3v) is 2.88. The Morgan fingerprint density at radius 2 is 2.00 bits per heavy atom. The van der Waals surface area contributed by atoms with Crippen molar-refractivity contribution in [2.24, 2.45) is 10.7 Å². The highest BCUT2D eigenvalue weighted by Gasteiger charge is 2.07. The molecule has 2 rings (SSSR count). The van der Waals surface area contributed by atoms with Crippen molar-refractivity contribution in [1.82, 2.24) is 0 Å². The summed E-state index contributed by atoms with van der Waals surface area (Å²) in [5.41, 5.74) is 8.11. The van der Waals surface area contributed by atoms with Crippen molar-refractivity contribution in [3.8, 4) is 0 Å². The fourth-order valence-electron chi connectivity index (χ4n) is 1.90. The molecule has 0 aromatic heterocycles. The molecule has 0 spiro atoms. The first-order valence-electron chi connectivity index (χ1n) is 5.96. The van der Waals surface area contributed by atoms with Crippen LogP contribution in [0, 0.1) is 0 Å². The Hall–Kier alpha value is -1.35. The van der Waals surface area contributed by atoms with Gasteiger partial charge in [-0.15, -0.1) is 0 Å². The first kappa shape index (κ1) is 11.1. The zero-order valence-corrected chi connectivity index (χ0v) is 9.60. The molecular weight excluding hydrogens is 198 g/mol. The predicted octanol–water partition coefficient (Wildman–Crippen LogP) is 1.82. The average molecular weight is 217 g/mol. The monoisotopic (exact) mass is 217 g/mol. The van der Waals surface area contributed by atoms with E-state index >= 15 is 0 Å². The van der Waals surface area contributed by atoms with Gasteiger partial charge in [-0.3, -0.25) is 4.99 Å². The number of aryl methyl sites for hydroxylation is 1. The zero-order chi connectivity index (χ0) is 11.2. The molecule has 0 atom stereocenters. The molecule has 1 aromatic carbocycles. The minimum atomic E-state index is 0.794. The number of unbranched alkanes of at least 4 members (excludes halogenated alkanes) is 1. The van der Waals surface area contributed by atoms with E-state index in [1.807, 2.05) is 6.34 Å². The fourth-order valence-corrected chi connectivity index (χ4v) is 1.90. The average Bonchev–Trinajstić information content (AvgIpc) is 2.84. The van der Waals surface area contributed by atoms with E-state index in [0.717, 1.165) is 32.5 Å². The largest absolute Gasteiger partial charge is 0.331 e. The Morgan fingerprint density at radius 3 is 2.62 bits per heavy atom. The summed E-state index contributed by atoms with van der Waals surface area (Å²) in [7, 11) is 0. The summed E-state index contributed by atoms with van der Waals surface area (Å²) in [6, 6.07) is 8.76. The number of nitrogens with two attached hydrogens (primary N) is 1. The van der Waals surface area contributed by atoms with Crippen LogP contribution in [0.15, 0.2) is 29.3 Å². The van der Waals surface area contributed by atoms with E-state index in [1.165, 1.54) is 17.7 Å². The fraction of sp³-hybridized carbons (Fsp3) is 0.462. The van der Waals surface area contributed by atoms with Crippen molar-refractivity contribution in [3.63, 3.8) is 0 Å². The van der Waals surface area contributed by atoms with Crippen LogP contribution in [0.4, 0.5) is 5.69 Å². The molecule has 1 aliphatic rings. The minimum absolute atomic E-state index is 0.794. The van der Waals surface area contributed by atoms with Crippen molar-refractivity contribution >= 4 is 12.0 Å². The summed E-state index contributed by atoms with van der Waals surface area (Å²) >= 11 is 0. The lowest BCUT2D eigenvalue weighted by Crippen LogP contribution is -2.17. The number of hydrogen-bond acceptors (Lipinski definition) is 3. The lowest BCUT2D eigenvalue weighted by molar-refractivity contribution is 0.745. The van der Waals surface area contributed by atoms with Crippen molar-refractivity contribution < 1.29 is 0 Å². The second-order valence-electron chi connectivity index (χ2n) is 4.13. The van der Waals surface area contributed by atoms with E-state index < -0.39 is 0 Å². The van der Waals surface area contributed by atoms with Gasteiger partial charge >= 0.3 is 0 Å². The number of anilines is 1. The SMILES string of the molecule is NCCCCc1ccc(N2C=NCC2)cc1. The van der Waals surface area contributed by atoms with Gasteiger partial charge in [0.2, 0.25) is 0 Å². The van der Waals surface area contributed by atoms with Crippen LogP contribution in [0.1, 0.15) is 18.4 Å². The van der Waals surface area contributed by atoms with Crippen LogP contribution < -0.4 is 10.6 Å². The molecule has 3 heteroatoms. The van der Waals surface area contributed by atoms with E-state index in [0.29, 0.717) is 0 Å². The first-order chi connectivity index (χ1) is 7.90. The summed E-state index contributed by atoms with van der Waals surface area (Å²) in [5.74, 6) is 0. The number of nitrogens with zero attached hydrogens (tertiary/aromatic N) is 2. The summed E-state index contributed by atoms with van der Waals surface area (Å²) < 4.78 is 0. The lowest BCUT2D eigenvalue weighted by atomic mass is 10.1. The smallest absolute Gasteiger partial charge is 0.0895 e. The van der Waals surface area contributed by atoms with Crippen molar-refractivity contribution in [1.29, 1.82) is 0 Å². The van der Waals surface area contributed by atoms with Crippen LogP contribution in [-0.4, -0.2) is 26.0 Å². The topological polar surface area (TPSA) is 41.6 Å². The molecule has 1 aromatic rings. The highest BCUT2D eigenvalue weighted by Crippen LogP contribution is 2.16. The Labute approximate surface area is 97.0 Å². The Morgan fingerprint density at radius 1 is 1.19 bits per heavy atom. The van der Waals surface area contributed by atoms with Crippen LogP contribution in [0.2, 0.25) is 0 Å². The first-order valence-corrected chi connectivity index (χ1v) is 5.96. The van der Waals surface area contributed by atoms with E-state index in [4.69, 9.17) is 5.73 Å². The van der Waals surface area contributed by atoms with Crippen LogP contribution in [0.3, 0.4) is 0 Å². The quantitative estimate of drug-likeness (QED) is 0.764. The Balaban J connectivity index is 1.91. The molecule has 0 aliphatic carbocycles. The van der Waals surface area contributed by atoms with Gasteiger partial charge in [-0.05, 0) is 43.5 Å². The van der Waals surface area contributed by atoms with E-state index in [1.54, 1.807) is 0 Å². The van der Waals surface area contributed by atoms with Gasteiger partial charge in [0.1, 0.15) is 0 Å². The molecule has 86 valence electrons. The van der Waals surface area contributed by atoms with E-state index in [9.17, 15) is 0 Å². The van der Waals surface area contributed by atoms with Crippen molar-refractivity contribution in [2.45, 2.75) is 19.3 Å². The molecule has 0 radical (unpaired) electrons. The number of rotatable bonds is 5.